The van der Waals surface area contributed by atoms with Crippen molar-refractivity contribution >= 4 is 10.9 Å². The molecule has 1 aliphatic rings. The van der Waals surface area contributed by atoms with Crippen molar-refractivity contribution in [2.45, 2.75) is 20.3 Å². The molecule has 1 aromatic carbocycles. The minimum atomic E-state index is 0.776. The Morgan fingerprint density at radius 1 is 1.27 bits per heavy atom. The number of aromatic nitrogens is 1. The Kier molecular flexibility index (Phi) is 1.72. The minimum Gasteiger partial charge on any atom is -0.477 e. The standard InChI is InChI=1S/C13H13NO/c1-8-3-4-10-9(2)11-5-6-15-13(11)14-12(10)7-8/h3-4,7H,5-6H2,1-2H3. The van der Waals surface area contributed by atoms with Crippen molar-refractivity contribution in [3.8, 4) is 5.88 Å². The summed E-state index contributed by atoms with van der Waals surface area (Å²) in [5.41, 5.74) is 4.90. The van der Waals surface area contributed by atoms with E-state index in [0.29, 0.717) is 0 Å². The lowest BCUT2D eigenvalue weighted by Gasteiger charge is -2.07. The second-order valence-corrected chi connectivity index (χ2v) is 4.14. The fourth-order valence-corrected chi connectivity index (χ4v) is 2.21. The molecule has 1 aliphatic heterocycles. The van der Waals surface area contributed by atoms with Crippen LogP contribution in [0.3, 0.4) is 0 Å². The highest BCUT2D eigenvalue weighted by Crippen LogP contribution is 2.31. The Morgan fingerprint density at radius 3 is 3.00 bits per heavy atom. The third-order valence-corrected chi connectivity index (χ3v) is 3.08. The summed E-state index contributed by atoms with van der Waals surface area (Å²) in [4.78, 5) is 4.56. The van der Waals surface area contributed by atoms with Gasteiger partial charge in [0.05, 0.1) is 12.1 Å². The highest BCUT2D eigenvalue weighted by Gasteiger charge is 2.18. The summed E-state index contributed by atoms with van der Waals surface area (Å²) in [5.74, 6) is 0.839. The van der Waals surface area contributed by atoms with E-state index in [0.717, 1.165) is 24.4 Å². The first-order valence-electron chi connectivity index (χ1n) is 5.28. The summed E-state index contributed by atoms with van der Waals surface area (Å²) < 4.78 is 5.52. The van der Waals surface area contributed by atoms with Gasteiger partial charge in [-0.2, -0.15) is 0 Å². The number of nitrogens with zero attached hydrogens (tertiary/aromatic N) is 1. The summed E-state index contributed by atoms with van der Waals surface area (Å²) in [6.45, 7) is 5.02. The molecule has 2 aromatic rings. The SMILES string of the molecule is Cc1ccc2c(C)c3c(nc2c1)OCC3. The zero-order chi connectivity index (χ0) is 10.4. The van der Waals surface area contributed by atoms with Crippen molar-refractivity contribution in [2.75, 3.05) is 6.61 Å². The van der Waals surface area contributed by atoms with Gasteiger partial charge >= 0.3 is 0 Å². The summed E-state index contributed by atoms with van der Waals surface area (Å²) in [5, 5.41) is 1.25. The highest BCUT2D eigenvalue weighted by molar-refractivity contribution is 5.84. The second-order valence-electron chi connectivity index (χ2n) is 4.14. The lowest BCUT2D eigenvalue weighted by atomic mass is 10.0. The van der Waals surface area contributed by atoms with Gasteiger partial charge in [-0.3, -0.25) is 0 Å². The summed E-state index contributed by atoms with van der Waals surface area (Å²) >= 11 is 0. The van der Waals surface area contributed by atoms with Crippen LogP contribution in [-0.2, 0) is 6.42 Å². The van der Waals surface area contributed by atoms with Crippen molar-refractivity contribution in [1.82, 2.24) is 4.98 Å². The average Bonchev–Trinajstić information content (AvgIpc) is 2.65. The summed E-state index contributed by atoms with van der Waals surface area (Å²) in [6, 6.07) is 6.41. The highest BCUT2D eigenvalue weighted by atomic mass is 16.5. The monoisotopic (exact) mass is 199 g/mol. The van der Waals surface area contributed by atoms with Crippen LogP contribution in [0.2, 0.25) is 0 Å². The van der Waals surface area contributed by atoms with Crippen LogP contribution in [0.1, 0.15) is 16.7 Å². The maximum atomic E-state index is 5.52. The molecule has 0 saturated heterocycles. The normalized spacial score (nSPS) is 14.0. The molecule has 2 heterocycles. The van der Waals surface area contributed by atoms with Gasteiger partial charge in [-0.15, -0.1) is 0 Å². The fourth-order valence-electron chi connectivity index (χ4n) is 2.21. The predicted octanol–water partition coefficient (Wildman–Crippen LogP) is 2.79. The molecule has 0 N–H and O–H groups in total. The van der Waals surface area contributed by atoms with Crippen LogP contribution in [0, 0.1) is 13.8 Å². The molecule has 1 aromatic heterocycles. The van der Waals surface area contributed by atoms with Gasteiger partial charge in [-0.1, -0.05) is 12.1 Å². The lowest BCUT2D eigenvalue weighted by molar-refractivity contribution is 0.346. The molecule has 2 heteroatoms. The summed E-state index contributed by atoms with van der Waals surface area (Å²) in [6.07, 6.45) is 0.998. The van der Waals surface area contributed by atoms with Gasteiger partial charge in [0.1, 0.15) is 0 Å². The first-order valence-corrected chi connectivity index (χ1v) is 5.28. The lowest BCUT2D eigenvalue weighted by Crippen LogP contribution is -1.91. The van der Waals surface area contributed by atoms with Gasteiger partial charge in [0.25, 0.3) is 0 Å². The molecular weight excluding hydrogens is 186 g/mol. The molecule has 0 fully saturated rings. The van der Waals surface area contributed by atoms with Crippen LogP contribution >= 0.6 is 0 Å². The van der Waals surface area contributed by atoms with E-state index in [-0.39, 0.29) is 0 Å². The van der Waals surface area contributed by atoms with E-state index >= 15 is 0 Å². The number of benzene rings is 1. The van der Waals surface area contributed by atoms with E-state index in [1.54, 1.807) is 0 Å². The second kappa shape index (κ2) is 2.96. The van der Waals surface area contributed by atoms with Crippen LogP contribution in [0.4, 0.5) is 0 Å². The smallest absolute Gasteiger partial charge is 0.217 e. The number of pyridine rings is 1. The fraction of sp³-hybridized carbons (Fsp3) is 0.308. The number of hydrogen-bond donors (Lipinski definition) is 0. The number of ether oxygens (including phenoxy) is 1. The van der Waals surface area contributed by atoms with Crippen molar-refractivity contribution in [2.24, 2.45) is 0 Å². The Labute approximate surface area is 88.9 Å². The maximum absolute atomic E-state index is 5.52. The molecule has 15 heavy (non-hydrogen) atoms. The molecule has 3 rings (SSSR count). The molecule has 76 valence electrons. The summed E-state index contributed by atoms with van der Waals surface area (Å²) in [7, 11) is 0. The number of hydrogen-bond acceptors (Lipinski definition) is 2. The topological polar surface area (TPSA) is 22.1 Å². The van der Waals surface area contributed by atoms with Gasteiger partial charge in [-0.05, 0) is 31.0 Å². The number of rotatable bonds is 0. The predicted molar refractivity (Wildman–Crippen MR) is 60.4 cm³/mol. The van der Waals surface area contributed by atoms with Crippen molar-refractivity contribution in [1.29, 1.82) is 0 Å². The van der Waals surface area contributed by atoms with Crippen molar-refractivity contribution < 1.29 is 4.74 Å². The molecule has 0 radical (unpaired) electrons. The molecule has 0 bridgehead atoms. The van der Waals surface area contributed by atoms with E-state index in [4.69, 9.17) is 4.74 Å². The quantitative estimate of drug-likeness (QED) is 0.651. The van der Waals surface area contributed by atoms with Crippen LogP contribution in [-0.4, -0.2) is 11.6 Å². The zero-order valence-corrected chi connectivity index (χ0v) is 9.00. The van der Waals surface area contributed by atoms with E-state index in [1.807, 2.05) is 0 Å². The number of fused-ring (bicyclic) bond motifs is 2. The molecule has 0 spiro atoms. The molecular formula is C13H13NO. The van der Waals surface area contributed by atoms with Gasteiger partial charge in [0, 0.05) is 17.4 Å². The first kappa shape index (κ1) is 8.72. The van der Waals surface area contributed by atoms with Crippen LogP contribution in [0.5, 0.6) is 5.88 Å². The minimum absolute atomic E-state index is 0.776. The van der Waals surface area contributed by atoms with E-state index in [1.165, 1.54) is 22.1 Å². The van der Waals surface area contributed by atoms with E-state index in [2.05, 4.69) is 37.0 Å². The third kappa shape index (κ3) is 1.21. The van der Waals surface area contributed by atoms with Gasteiger partial charge in [-0.25, -0.2) is 4.98 Å². The van der Waals surface area contributed by atoms with E-state index in [9.17, 15) is 0 Å². The molecule has 2 nitrogen and oxygen atoms in total. The Hall–Kier alpha value is -1.57. The third-order valence-electron chi connectivity index (χ3n) is 3.08. The van der Waals surface area contributed by atoms with Gasteiger partial charge in [0.15, 0.2) is 0 Å². The first-order chi connectivity index (χ1) is 7.25. The Bertz CT molecular complexity index is 546. The Balaban J connectivity index is 2.41. The van der Waals surface area contributed by atoms with Crippen LogP contribution < -0.4 is 4.74 Å². The van der Waals surface area contributed by atoms with Crippen molar-refractivity contribution in [3.05, 3.63) is 34.9 Å². The molecule has 0 saturated carbocycles. The van der Waals surface area contributed by atoms with Crippen LogP contribution in [0.15, 0.2) is 18.2 Å². The zero-order valence-electron chi connectivity index (χ0n) is 9.00. The maximum Gasteiger partial charge on any atom is 0.217 e. The van der Waals surface area contributed by atoms with Gasteiger partial charge < -0.3 is 4.74 Å². The average molecular weight is 199 g/mol. The van der Waals surface area contributed by atoms with Gasteiger partial charge in [0.2, 0.25) is 5.88 Å². The van der Waals surface area contributed by atoms with Crippen LogP contribution in [0.25, 0.3) is 10.9 Å². The molecule has 0 aliphatic carbocycles. The number of aryl methyl sites for hydroxylation is 2. The molecule has 0 amide bonds. The molecule has 0 atom stereocenters. The Morgan fingerprint density at radius 2 is 2.13 bits per heavy atom. The molecule has 0 unspecified atom stereocenters. The largest absolute Gasteiger partial charge is 0.477 e. The van der Waals surface area contributed by atoms with E-state index < -0.39 is 0 Å². The van der Waals surface area contributed by atoms with Crippen molar-refractivity contribution in [3.63, 3.8) is 0 Å².